The minimum atomic E-state index is -0.574. The first-order chi connectivity index (χ1) is 6.97. The third-order valence-electron chi connectivity index (χ3n) is 2.60. The Morgan fingerprint density at radius 2 is 2.00 bits per heavy atom. The zero-order valence-electron chi connectivity index (χ0n) is 9.32. The van der Waals surface area contributed by atoms with Crippen LogP contribution in [0.3, 0.4) is 0 Å². The molecule has 5 heteroatoms. The maximum absolute atomic E-state index is 11.6. The van der Waals surface area contributed by atoms with Gasteiger partial charge in [-0.2, -0.15) is 0 Å². The van der Waals surface area contributed by atoms with Crippen molar-refractivity contribution in [3.05, 3.63) is 0 Å². The second kappa shape index (κ2) is 4.61. The summed E-state index contributed by atoms with van der Waals surface area (Å²) in [5.41, 5.74) is 5.55. The molecule has 0 aromatic rings. The molecular weight excluding hydrogens is 196 g/mol. The summed E-state index contributed by atoms with van der Waals surface area (Å²) in [6.07, 6.45) is 0.706. The quantitative estimate of drug-likeness (QED) is 0.627. The van der Waals surface area contributed by atoms with E-state index < -0.39 is 12.0 Å². The van der Waals surface area contributed by atoms with Crippen LogP contribution in [0, 0.1) is 11.8 Å². The number of hydrogen-bond acceptors (Lipinski definition) is 4. The number of hydrogen-bond donors (Lipinski definition) is 2. The Hall–Kier alpha value is -1.10. The zero-order valence-corrected chi connectivity index (χ0v) is 9.32. The number of nitrogens with one attached hydrogen (secondary N) is 1. The van der Waals surface area contributed by atoms with Crippen LogP contribution >= 0.6 is 0 Å². The summed E-state index contributed by atoms with van der Waals surface area (Å²) in [6, 6.07) is -0.620. The third-order valence-corrected chi connectivity index (χ3v) is 2.60. The molecule has 1 aliphatic rings. The molecule has 0 bridgehead atoms. The molecule has 0 heterocycles. The normalized spacial score (nSPS) is 25.9. The molecule has 0 radical (unpaired) electrons. The van der Waals surface area contributed by atoms with Gasteiger partial charge in [0.25, 0.3) is 0 Å². The largest absolute Gasteiger partial charge is 0.467 e. The standard InChI is InChI=1S/C10H18N2O3/c1-5(2)8(10(14)15-3)12-9(13)6-4-7(6)11/h5-8H,4,11H2,1-3H3,(H,12,13). The number of nitrogens with two attached hydrogens (primary N) is 1. The molecule has 0 aliphatic heterocycles. The molecule has 1 fully saturated rings. The molecule has 3 N–H and O–H groups in total. The molecule has 0 saturated heterocycles. The summed E-state index contributed by atoms with van der Waals surface area (Å²) in [5, 5.41) is 2.67. The van der Waals surface area contributed by atoms with Crippen molar-refractivity contribution in [1.82, 2.24) is 5.32 Å². The van der Waals surface area contributed by atoms with Crippen molar-refractivity contribution in [1.29, 1.82) is 0 Å². The lowest BCUT2D eigenvalue weighted by molar-refractivity contribution is -0.146. The maximum Gasteiger partial charge on any atom is 0.328 e. The first-order valence-electron chi connectivity index (χ1n) is 5.11. The zero-order chi connectivity index (χ0) is 11.6. The molecule has 86 valence electrons. The monoisotopic (exact) mass is 214 g/mol. The van der Waals surface area contributed by atoms with Crippen LogP contribution in [-0.4, -0.2) is 31.1 Å². The van der Waals surface area contributed by atoms with Crippen LogP contribution in [-0.2, 0) is 14.3 Å². The lowest BCUT2D eigenvalue weighted by atomic mass is 10.0. The van der Waals surface area contributed by atoms with E-state index >= 15 is 0 Å². The molecule has 1 amide bonds. The van der Waals surface area contributed by atoms with Crippen molar-refractivity contribution in [3.63, 3.8) is 0 Å². The van der Waals surface area contributed by atoms with Crippen LogP contribution < -0.4 is 11.1 Å². The molecule has 0 aromatic heterocycles. The first kappa shape index (κ1) is 12.0. The van der Waals surface area contributed by atoms with Crippen LogP contribution in [0.15, 0.2) is 0 Å². The molecule has 3 unspecified atom stereocenters. The Labute approximate surface area is 89.3 Å². The van der Waals surface area contributed by atoms with Gasteiger partial charge in [0.05, 0.1) is 13.0 Å². The summed E-state index contributed by atoms with van der Waals surface area (Å²) in [6.45, 7) is 3.71. The van der Waals surface area contributed by atoms with Crippen molar-refractivity contribution in [2.24, 2.45) is 17.6 Å². The van der Waals surface area contributed by atoms with Crippen molar-refractivity contribution >= 4 is 11.9 Å². The van der Waals surface area contributed by atoms with E-state index in [9.17, 15) is 9.59 Å². The molecular formula is C10H18N2O3. The van der Waals surface area contributed by atoms with E-state index in [1.165, 1.54) is 7.11 Å². The molecule has 0 aromatic carbocycles. The van der Waals surface area contributed by atoms with Gasteiger partial charge in [0.2, 0.25) is 5.91 Å². The van der Waals surface area contributed by atoms with Crippen molar-refractivity contribution < 1.29 is 14.3 Å². The smallest absolute Gasteiger partial charge is 0.328 e. The van der Waals surface area contributed by atoms with Crippen molar-refractivity contribution in [2.45, 2.75) is 32.4 Å². The summed E-state index contributed by atoms with van der Waals surface area (Å²) < 4.78 is 4.62. The van der Waals surface area contributed by atoms with E-state index in [-0.39, 0.29) is 23.8 Å². The molecule has 1 rings (SSSR count). The van der Waals surface area contributed by atoms with Gasteiger partial charge in [-0.1, -0.05) is 13.8 Å². The molecule has 1 aliphatic carbocycles. The topological polar surface area (TPSA) is 81.4 Å². The Morgan fingerprint density at radius 3 is 2.33 bits per heavy atom. The van der Waals surface area contributed by atoms with Crippen LogP contribution in [0.2, 0.25) is 0 Å². The van der Waals surface area contributed by atoms with Gasteiger partial charge in [-0.3, -0.25) is 4.79 Å². The van der Waals surface area contributed by atoms with Crippen LogP contribution in [0.1, 0.15) is 20.3 Å². The number of rotatable bonds is 4. The van der Waals surface area contributed by atoms with E-state index in [1.54, 1.807) is 0 Å². The highest BCUT2D eigenvalue weighted by Gasteiger charge is 2.41. The van der Waals surface area contributed by atoms with E-state index in [1.807, 2.05) is 13.8 Å². The maximum atomic E-state index is 11.6. The highest BCUT2D eigenvalue weighted by atomic mass is 16.5. The molecule has 0 spiro atoms. The number of ether oxygens (including phenoxy) is 1. The average Bonchev–Trinajstić information content (AvgIpc) is 2.90. The first-order valence-corrected chi connectivity index (χ1v) is 5.11. The molecule has 15 heavy (non-hydrogen) atoms. The van der Waals surface area contributed by atoms with Gasteiger partial charge in [0.1, 0.15) is 6.04 Å². The van der Waals surface area contributed by atoms with Gasteiger partial charge in [-0.05, 0) is 12.3 Å². The lowest BCUT2D eigenvalue weighted by Crippen LogP contribution is -2.46. The molecule has 3 atom stereocenters. The fraction of sp³-hybridized carbons (Fsp3) is 0.800. The van der Waals surface area contributed by atoms with Gasteiger partial charge in [-0.25, -0.2) is 4.79 Å². The minimum absolute atomic E-state index is 0.0105. The van der Waals surface area contributed by atoms with E-state index in [0.29, 0.717) is 6.42 Å². The Balaban J connectivity index is 2.51. The van der Waals surface area contributed by atoms with Crippen LogP contribution in [0.4, 0.5) is 0 Å². The van der Waals surface area contributed by atoms with Crippen molar-refractivity contribution in [2.75, 3.05) is 7.11 Å². The fourth-order valence-electron chi connectivity index (χ4n) is 1.40. The Bertz CT molecular complexity index is 265. The predicted molar refractivity (Wildman–Crippen MR) is 54.9 cm³/mol. The number of methoxy groups -OCH3 is 1. The van der Waals surface area contributed by atoms with Gasteiger partial charge < -0.3 is 15.8 Å². The van der Waals surface area contributed by atoms with Crippen LogP contribution in [0.5, 0.6) is 0 Å². The summed E-state index contributed by atoms with van der Waals surface area (Å²) in [5.74, 6) is -0.675. The minimum Gasteiger partial charge on any atom is -0.467 e. The van der Waals surface area contributed by atoms with E-state index in [0.717, 1.165) is 0 Å². The van der Waals surface area contributed by atoms with Gasteiger partial charge in [-0.15, -0.1) is 0 Å². The average molecular weight is 214 g/mol. The molecule has 1 saturated carbocycles. The van der Waals surface area contributed by atoms with Crippen LogP contribution in [0.25, 0.3) is 0 Å². The van der Waals surface area contributed by atoms with Gasteiger partial charge >= 0.3 is 5.97 Å². The molecule has 5 nitrogen and oxygen atoms in total. The summed E-state index contributed by atoms with van der Waals surface area (Å²) in [4.78, 5) is 22.9. The number of carbonyl (C=O) groups is 2. The highest BCUT2D eigenvalue weighted by molar-refractivity contribution is 5.87. The second-order valence-corrected chi connectivity index (χ2v) is 4.26. The third kappa shape index (κ3) is 2.92. The number of amides is 1. The van der Waals surface area contributed by atoms with E-state index in [2.05, 4.69) is 10.1 Å². The van der Waals surface area contributed by atoms with E-state index in [4.69, 9.17) is 5.73 Å². The summed E-state index contributed by atoms with van der Waals surface area (Å²) >= 11 is 0. The fourth-order valence-corrected chi connectivity index (χ4v) is 1.40. The predicted octanol–water partition coefficient (Wildman–Crippen LogP) is -0.353. The lowest BCUT2D eigenvalue weighted by Gasteiger charge is -2.19. The Kier molecular flexibility index (Phi) is 3.68. The van der Waals surface area contributed by atoms with Gasteiger partial charge in [0.15, 0.2) is 0 Å². The highest BCUT2D eigenvalue weighted by Crippen LogP contribution is 2.28. The van der Waals surface area contributed by atoms with Crippen molar-refractivity contribution in [3.8, 4) is 0 Å². The second-order valence-electron chi connectivity index (χ2n) is 4.26. The Morgan fingerprint density at radius 1 is 1.47 bits per heavy atom. The number of esters is 1. The number of carbonyl (C=O) groups excluding carboxylic acids is 2. The SMILES string of the molecule is COC(=O)C(NC(=O)C1CC1N)C(C)C. The summed E-state index contributed by atoms with van der Waals surface area (Å²) in [7, 11) is 1.31. The van der Waals surface area contributed by atoms with Gasteiger partial charge in [0, 0.05) is 6.04 Å².